The van der Waals surface area contributed by atoms with E-state index in [1.165, 1.54) is 16.7 Å². The second-order valence-electron chi connectivity index (χ2n) is 7.90. The molecule has 0 saturated heterocycles. The van der Waals surface area contributed by atoms with Gasteiger partial charge in [-0.05, 0) is 48.2 Å². The average molecular weight is 473 g/mol. The first-order valence-electron chi connectivity index (χ1n) is 10.2. The van der Waals surface area contributed by atoms with E-state index >= 15 is 0 Å². The van der Waals surface area contributed by atoms with E-state index in [1.807, 2.05) is 0 Å². The number of rotatable bonds is 6. The van der Waals surface area contributed by atoms with Gasteiger partial charge in [0.1, 0.15) is 0 Å². The summed E-state index contributed by atoms with van der Waals surface area (Å²) in [4.78, 5) is 51.6. The molecule has 2 aromatic carbocycles. The summed E-state index contributed by atoms with van der Waals surface area (Å²) < 4.78 is 1.33. The van der Waals surface area contributed by atoms with E-state index in [0.717, 1.165) is 5.56 Å². The maximum atomic E-state index is 12.9. The second kappa shape index (κ2) is 8.81. The first kappa shape index (κ1) is 22.7. The van der Waals surface area contributed by atoms with Gasteiger partial charge in [-0.15, -0.1) is 0 Å². The molecule has 0 saturated carbocycles. The van der Waals surface area contributed by atoms with Crippen LogP contribution in [0.4, 0.5) is 5.69 Å². The first-order chi connectivity index (χ1) is 15.7. The molecule has 0 spiro atoms. The number of amides is 1. The van der Waals surface area contributed by atoms with Crippen LogP contribution in [0.5, 0.6) is 0 Å². The van der Waals surface area contributed by atoms with Crippen molar-refractivity contribution in [3.8, 4) is 0 Å². The minimum atomic E-state index is -1.85. The summed E-state index contributed by atoms with van der Waals surface area (Å²) in [7, 11) is 0. The van der Waals surface area contributed by atoms with Crippen LogP contribution in [-0.4, -0.2) is 31.6 Å². The van der Waals surface area contributed by atoms with Crippen molar-refractivity contribution in [2.75, 3.05) is 5.32 Å². The number of carboxylic acids is 1. The number of benzene rings is 2. The number of nitrogens with two attached hydrogens (primary N) is 1. The molecule has 0 fully saturated rings. The zero-order valence-corrected chi connectivity index (χ0v) is 18.1. The Labute approximate surface area is 191 Å². The maximum absolute atomic E-state index is 12.9. The van der Waals surface area contributed by atoms with Crippen molar-refractivity contribution < 1.29 is 19.8 Å². The summed E-state index contributed by atoms with van der Waals surface area (Å²) in [5.41, 5.74) is 6.47. The van der Waals surface area contributed by atoms with Gasteiger partial charge in [0.25, 0.3) is 0 Å². The number of hydrogen-bond donors (Lipinski definition) is 5. The van der Waals surface area contributed by atoms with Crippen LogP contribution in [0.25, 0.3) is 11.0 Å². The molecule has 1 aliphatic heterocycles. The van der Waals surface area contributed by atoms with Gasteiger partial charge in [0, 0.05) is 35.3 Å². The number of carbonyl (C=O) groups is 2. The fourth-order valence-electron chi connectivity index (χ4n) is 4.23. The molecule has 6 N–H and O–H groups in total. The molecule has 4 rings (SSSR count). The standard InChI is InChI=1S/C22H21ClN4O6/c23-12-6-11-2-3-13(27-18(11)16(7-12)26-20(30)21(27)31)8-17(28)25-15-4-1-10(9-24)5-14(15)19(29)22(32)33/h1,4-7,13,19,29H,2-3,8-9,24H2,(H,25,28)(H,26,30)(H,32,33)/t13-,19?/m0/s1. The Morgan fingerprint density at radius 2 is 2.03 bits per heavy atom. The van der Waals surface area contributed by atoms with Gasteiger partial charge in [0.15, 0.2) is 6.10 Å². The van der Waals surface area contributed by atoms with Gasteiger partial charge in [-0.3, -0.25) is 19.0 Å². The number of carboxylic acid groups (broad SMARTS) is 1. The third kappa shape index (κ3) is 4.28. The van der Waals surface area contributed by atoms with Crippen molar-refractivity contribution in [1.82, 2.24) is 9.55 Å². The van der Waals surface area contributed by atoms with Crippen LogP contribution < -0.4 is 22.2 Å². The highest BCUT2D eigenvalue weighted by atomic mass is 35.5. The molecule has 33 heavy (non-hydrogen) atoms. The molecule has 1 aromatic heterocycles. The van der Waals surface area contributed by atoms with Crippen LogP contribution in [0.2, 0.25) is 5.02 Å². The molecule has 172 valence electrons. The van der Waals surface area contributed by atoms with E-state index in [2.05, 4.69) is 10.3 Å². The zero-order valence-electron chi connectivity index (χ0n) is 17.3. The number of anilines is 1. The van der Waals surface area contributed by atoms with E-state index in [-0.39, 0.29) is 24.2 Å². The molecule has 11 heteroatoms. The van der Waals surface area contributed by atoms with Crippen molar-refractivity contribution in [1.29, 1.82) is 0 Å². The number of aliphatic hydroxyl groups excluding tert-OH is 1. The molecule has 2 heterocycles. The average Bonchev–Trinajstić information content (AvgIpc) is 2.77. The number of aromatic nitrogens is 2. The summed E-state index contributed by atoms with van der Waals surface area (Å²) in [6.45, 7) is 0.126. The Morgan fingerprint density at radius 3 is 2.73 bits per heavy atom. The summed E-state index contributed by atoms with van der Waals surface area (Å²) in [5, 5.41) is 22.3. The lowest BCUT2D eigenvalue weighted by Gasteiger charge is -2.27. The number of hydrogen-bond acceptors (Lipinski definition) is 6. The van der Waals surface area contributed by atoms with Crippen molar-refractivity contribution >= 4 is 40.2 Å². The van der Waals surface area contributed by atoms with Gasteiger partial charge in [-0.1, -0.05) is 17.7 Å². The fourth-order valence-corrected chi connectivity index (χ4v) is 4.47. The monoisotopic (exact) mass is 472 g/mol. The molecule has 0 aliphatic carbocycles. The number of aromatic amines is 1. The van der Waals surface area contributed by atoms with Gasteiger partial charge < -0.3 is 26.2 Å². The summed E-state index contributed by atoms with van der Waals surface area (Å²) in [6, 6.07) is 7.19. The molecule has 1 amide bonds. The molecule has 1 unspecified atom stereocenters. The first-order valence-corrected chi connectivity index (χ1v) is 10.6. The van der Waals surface area contributed by atoms with E-state index in [1.54, 1.807) is 18.2 Å². The Balaban J connectivity index is 1.67. The van der Waals surface area contributed by atoms with Crippen molar-refractivity contribution in [2.24, 2.45) is 5.73 Å². The number of aliphatic carboxylic acids is 1. The molecular weight excluding hydrogens is 452 g/mol. The maximum Gasteiger partial charge on any atom is 0.337 e. The number of aryl methyl sites for hydroxylation is 1. The van der Waals surface area contributed by atoms with Gasteiger partial charge in [-0.2, -0.15) is 0 Å². The van der Waals surface area contributed by atoms with Crippen molar-refractivity contribution in [2.45, 2.75) is 38.0 Å². The summed E-state index contributed by atoms with van der Waals surface area (Å²) >= 11 is 6.12. The largest absolute Gasteiger partial charge is 0.479 e. The van der Waals surface area contributed by atoms with E-state index in [0.29, 0.717) is 34.5 Å². The minimum absolute atomic E-state index is 0.00172. The van der Waals surface area contributed by atoms with Gasteiger partial charge in [0.2, 0.25) is 5.91 Å². The third-order valence-electron chi connectivity index (χ3n) is 5.74. The number of carbonyl (C=O) groups excluding carboxylic acids is 1. The van der Waals surface area contributed by atoms with Crippen LogP contribution in [0.3, 0.4) is 0 Å². The number of nitrogens with zero attached hydrogens (tertiary/aromatic N) is 1. The lowest BCUT2D eigenvalue weighted by atomic mass is 9.96. The number of nitrogens with one attached hydrogen (secondary N) is 2. The molecule has 10 nitrogen and oxygen atoms in total. The smallest absolute Gasteiger partial charge is 0.337 e. The highest BCUT2D eigenvalue weighted by Gasteiger charge is 2.27. The zero-order chi connectivity index (χ0) is 23.9. The van der Waals surface area contributed by atoms with Gasteiger partial charge in [-0.25, -0.2) is 4.79 Å². The Morgan fingerprint density at radius 1 is 1.27 bits per heavy atom. The molecule has 0 radical (unpaired) electrons. The Kier molecular flexibility index (Phi) is 6.07. The van der Waals surface area contributed by atoms with Crippen LogP contribution in [0.15, 0.2) is 39.9 Å². The fraction of sp³-hybridized carbons (Fsp3) is 0.273. The van der Waals surface area contributed by atoms with E-state index in [4.69, 9.17) is 17.3 Å². The van der Waals surface area contributed by atoms with Crippen LogP contribution in [-0.2, 0) is 22.6 Å². The van der Waals surface area contributed by atoms with Crippen molar-refractivity contribution in [3.63, 3.8) is 0 Å². The number of H-pyrrole nitrogens is 1. The van der Waals surface area contributed by atoms with Gasteiger partial charge >= 0.3 is 17.1 Å². The van der Waals surface area contributed by atoms with E-state index < -0.39 is 35.1 Å². The number of aliphatic hydroxyl groups is 1. The predicted octanol–water partition coefficient (Wildman–Crippen LogP) is 1.44. The molecular formula is C22H21ClN4O6. The predicted molar refractivity (Wildman–Crippen MR) is 121 cm³/mol. The number of halogens is 1. The Hall–Kier alpha value is -3.47. The second-order valence-corrected chi connectivity index (χ2v) is 8.34. The highest BCUT2D eigenvalue weighted by molar-refractivity contribution is 6.31. The quantitative estimate of drug-likeness (QED) is 0.338. The molecule has 0 bridgehead atoms. The minimum Gasteiger partial charge on any atom is -0.479 e. The van der Waals surface area contributed by atoms with E-state index in [9.17, 15) is 29.4 Å². The lowest BCUT2D eigenvalue weighted by Crippen LogP contribution is -2.41. The molecule has 1 aliphatic rings. The highest BCUT2D eigenvalue weighted by Crippen LogP contribution is 2.33. The topological polar surface area (TPSA) is 168 Å². The summed E-state index contributed by atoms with van der Waals surface area (Å²) in [6.07, 6.45) is -1.01. The molecule has 3 aromatic rings. The van der Waals surface area contributed by atoms with Crippen LogP contribution in [0.1, 0.15) is 41.7 Å². The third-order valence-corrected chi connectivity index (χ3v) is 5.96. The Bertz CT molecular complexity index is 1400. The van der Waals surface area contributed by atoms with Crippen molar-refractivity contribution in [3.05, 3.63) is 72.8 Å². The van der Waals surface area contributed by atoms with Crippen LogP contribution >= 0.6 is 11.6 Å². The lowest BCUT2D eigenvalue weighted by molar-refractivity contribution is -0.147. The normalized spacial score (nSPS) is 15.9. The summed E-state index contributed by atoms with van der Waals surface area (Å²) in [5.74, 6) is -1.98. The molecule has 2 atom stereocenters. The SMILES string of the molecule is NCc1ccc(NC(=O)C[C@@H]2CCc3cc(Cl)cc4[nH]c(=O)c(=O)n2c34)c(C(O)C(=O)O)c1. The van der Waals surface area contributed by atoms with Gasteiger partial charge in [0.05, 0.1) is 11.0 Å². The van der Waals surface area contributed by atoms with Crippen LogP contribution in [0, 0.1) is 0 Å².